The van der Waals surface area contributed by atoms with E-state index in [0.717, 1.165) is 36.5 Å². The van der Waals surface area contributed by atoms with Gasteiger partial charge in [0.25, 0.3) is 0 Å². The quantitative estimate of drug-likeness (QED) is 0.741. The highest BCUT2D eigenvalue weighted by molar-refractivity contribution is 5.59. The molecule has 0 unspecified atom stereocenters. The Hall–Kier alpha value is -2.25. The smallest absolute Gasteiger partial charge is 0.150 e. The van der Waals surface area contributed by atoms with Crippen molar-refractivity contribution in [2.45, 2.75) is 45.2 Å². The Morgan fingerprint density at radius 3 is 2.96 bits per heavy atom. The highest BCUT2D eigenvalue weighted by atomic mass is 16.5. The molecule has 0 radical (unpaired) electrons. The molecular formula is C18H26N6O. The molecule has 1 fully saturated rings. The Morgan fingerprint density at radius 1 is 1.28 bits per heavy atom. The molecule has 1 aliphatic heterocycles. The zero-order chi connectivity index (χ0) is 17.6. The van der Waals surface area contributed by atoms with Crippen LogP contribution < -0.4 is 16.4 Å². The van der Waals surface area contributed by atoms with Crippen molar-refractivity contribution in [2.24, 2.45) is 5.73 Å². The van der Waals surface area contributed by atoms with Gasteiger partial charge in [-0.1, -0.05) is 13.3 Å². The molecule has 1 aliphatic rings. The van der Waals surface area contributed by atoms with E-state index >= 15 is 0 Å². The fourth-order valence-corrected chi connectivity index (χ4v) is 2.97. The number of hydrogen-bond donors (Lipinski definition) is 3. The molecule has 0 spiro atoms. The molecule has 7 heteroatoms. The molecule has 3 heterocycles. The van der Waals surface area contributed by atoms with E-state index in [2.05, 4.69) is 45.7 Å². The average molecular weight is 342 g/mol. The van der Waals surface area contributed by atoms with Gasteiger partial charge in [0, 0.05) is 30.5 Å². The third kappa shape index (κ3) is 4.87. The van der Waals surface area contributed by atoms with Crippen LogP contribution in [0.2, 0.25) is 0 Å². The molecule has 4 N–H and O–H groups in total. The second-order valence-electron chi connectivity index (χ2n) is 6.50. The summed E-state index contributed by atoms with van der Waals surface area (Å²) in [5.41, 5.74) is 9.22. The number of aromatic nitrogens is 3. The molecule has 2 aromatic heterocycles. The number of nitrogens with zero attached hydrogens (tertiary/aromatic N) is 3. The third-order valence-electron chi connectivity index (χ3n) is 4.19. The predicted octanol–water partition coefficient (Wildman–Crippen LogP) is 2.40. The largest absolute Gasteiger partial charge is 0.380 e. The molecule has 3 rings (SSSR count). The van der Waals surface area contributed by atoms with Gasteiger partial charge >= 0.3 is 0 Å². The van der Waals surface area contributed by atoms with Crippen LogP contribution in [0.5, 0.6) is 0 Å². The number of nitrogens with two attached hydrogens (primary N) is 1. The first-order chi connectivity index (χ1) is 12.1. The van der Waals surface area contributed by atoms with Gasteiger partial charge in [-0.15, -0.1) is 5.10 Å². The maximum Gasteiger partial charge on any atom is 0.150 e. The van der Waals surface area contributed by atoms with Crippen molar-refractivity contribution in [3.63, 3.8) is 0 Å². The number of aryl methyl sites for hydroxylation is 2. The Kier molecular flexibility index (Phi) is 5.78. The SMILES string of the molecule is CCCc1cc(C)cc(Nc2cnnc(N[C@@H]3CCOC[C@@H]3N)c2)n1. The summed E-state index contributed by atoms with van der Waals surface area (Å²) < 4.78 is 5.37. The standard InChI is InChI=1S/C18H26N6O/c1-3-4-13-7-12(2)8-17(21-13)22-14-9-18(24-20-10-14)23-16-5-6-25-11-15(16)19/h7-10,15-16H,3-6,11,19H2,1-2H3,(H2,21,22,23,24)/t15-,16+/m0/s1. The molecule has 2 aromatic rings. The first-order valence-corrected chi connectivity index (χ1v) is 8.81. The summed E-state index contributed by atoms with van der Waals surface area (Å²) in [5.74, 6) is 1.53. The highest BCUT2D eigenvalue weighted by Gasteiger charge is 2.22. The van der Waals surface area contributed by atoms with E-state index in [1.165, 1.54) is 5.56 Å². The van der Waals surface area contributed by atoms with Gasteiger partial charge < -0.3 is 21.1 Å². The summed E-state index contributed by atoms with van der Waals surface area (Å²) >= 11 is 0. The minimum Gasteiger partial charge on any atom is -0.380 e. The van der Waals surface area contributed by atoms with Gasteiger partial charge in [-0.05, 0) is 37.5 Å². The van der Waals surface area contributed by atoms with Crippen molar-refractivity contribution in [3.8, 4) is 0 Å². The topological polar surface area (TPSA) is 98.0 Å². The Balaban J connectivity index is 1.71. The first kappa shape index (κ1) is 17.6. The highest BCUT2D eigenvalue weighted by Crippen LogP contribution is 2.20. The summed E-state index contributed by atoms with van der Waals surface area (Å²) in [4.78, 5) is 4.66. The minimum atomic E-state index is -0.0396. The lowest BCUT2D eigenvalue weighted by Crippen LogP contribution is -2.47. The van der Waals surface area contributed by atoms with Crippen molar-refractivity contribution in [3.05, 3.63) is 35.7 Å². The lowest BCUT2D eigenvalue weighted by Gasteiger charge is -2.29. The van der Waals surface area contributed by atoms with E-state index in [1.54, 1.807) is 6.20 Å². The fraction of sp³-hybridized carbons (Fsp3) is 0.500. The van der Waals surface area contributed by atoms with Crippen LogP contribution in [-0.2, 0) is 11.2 Å². The van der Waals surface area contributed by atoms with Crippen molar-refractivity contribution in [1.29, 1.82) is 0 Å². The molecular weight excluding hydrogens is 316 g/mol. The Labute approximate surface area is 148 Å². The van der Waals surface area contributed by atoms with E-state index in [4.69, 9.17) is 10.5 Å². The summed E-state index contributed by atoms with van der Waals surface area (Å²) in [6.45, 7) is 5.51. The van der Waals surface area contributed by atoms with Crippen molar-refractivity contribution in [2.75, 3.05) is 23.8 Å². The molecule has 0 saturated carbocycles. The maximum atomic E-state index is 6.09. The molecule has 2 atom stereocenters. The summed E-state index contributed by atoms with van der Waals surface area (Å²) in [5, 5.41) is 14.9. The van der Waals surface area contributed by atoms with Crippen molar-refractivity contribution >= 4 is 17.3 Å². The number of ether oxygens (including phenoxy) is 1. The second kappa shape index (κ2) is 8.22. The fourth-order valence-electron chi connectivity index (χ4n) is 2.97. The van der Waals surface area contributed by atoms with Crippen LogP contribution in [0.25, 0.3) is 0 Å². The van der Waals surface area contributed by atoms with Crippen LogP contribution in [0.3, 0.4) is 0 Å². The van der Waals surface area contributed by atoms with Gasteiger partial charge in [0.1, 0.15) is 5.82 Å². The van der Waals surface area contributed by atoms with E-state index in [-0.39, 0.29) is 12.1 Å². The van der Waals surface area contributed by atoms with Gasteiger partial charge in [-0.3, -0.25) is 0 Å². The van der Waals surface area contributed by atoms with Crippen LogP contribution >= 0.6 is 0 Å². The van der Waals surface area contributed by atoms with Crippen LogP contribution in [0.15, 0.2) is 24.4 Å². The summed E-state index contributed by atoms with van der Waals surface area (Å²) in [6, 6.07) is 6.19. The number of hydrogen-bond acceptors (Lipinski definition) is 7. The molecule has 134 valence electrons. The Morgan fingerprint density at radius 2 is 2.16 bits per heavy atom. The lowest BCUT2D eigenvalue weighted by atomic mass is 10.0. The first-order valence-electron chi connectivity index (χ1n) is 8.81. The summed E-state index contributed by atoms with van der Waals surface area (Å²) in [7, 11) is 0. The van der Waals surface area contributed by atoms with E-state index in [0.29, 0.717) is 19.0 Å². The zero-order valence-electron chi connectivity index (χ0n) is 14.8. The number of pyridine rings is 1. The molecule has 0 aliphatic carbocycles. The zero-order valence-corrected chi connectivity index (χ0v) is 14.8. The van der Waals surface area contributed by atoms with Gasteiger partial charge in [-0.25, -0.2) is 4.98 Å². The normalized spacial score (nSPS) is 20.3. The van der Waals surface area contributed by atoms with Crippen LogP contribution in [0, 0.1) is 6.92 Å². The molecule has 0 aromatic carbocycles. The average Bonchev–Trinajstić information content (AvgIpc) is 2.57. The van der Waals surface area contributed by atoms with Crippen molar-refractivity contribution < 1.29 is 4.74 Å². The van der Waals surface area contributed by atoms with E-state index < -0.39 is 0 Å². The number of nitrogens with one attached hydrogen (secondary N) is 2. The van der Waals surface area contributed by atoms with Crippen LogP contribution in [0.4, 0.5) is 17.3 Å². The second-order valence-corrected chi connectivity index (χ2v) is 6.50. The number of anilines is 3. The molecule has 0 amide bonds. The van der Waals surface area contributed by atoms with Gasteiger partial charge in [0.2, 0.25) is 0 Å². The minimum absolute atomic E-state index is 0.0396. The van der Waals surface area contributed by atoms with Gasteiger partial charge in [0.15, 0.2) is 5.82 Å². The lowest BCUT2D eigenvalue weighted by molar-refractivity contribution is 0.0751. The maximum absolute atomic E-state index is 6.09. The van der Waals surface area contributed by atoms with E-state index in [1.807, 2.05) is 12.1 Å². The molecule has 25 heavy (non-hydrogen) atoms. The Bertz CT molecular complexity index is 708. The third-order valence-corrected chi connectivity index (χ3v) is 4.19. The monoisotopic (exact) mass is 342 g/mol. The van der Waals surface area contributed by atoms with E-state index in [9.17, 15) is 0 Å². The van der Waals surface area contributed by atoms with Gasteiger partial charge in [-0.2, -0.15) is 5.10 Å². The summed E-state index contributed by atoms with van der Waals surface area (Å²) in [6.07, 6.45) is 4.60. The van der Waals surface area contributed by atoms with Gasteiger partial charge in [0.05, 0.1) is 18.5 Å². The van der Waals surface area contributed by atoms with Crippen molar-refractivity contribution in [1.82, 2.24) is 15.2 Å². The van der Waals surface area contributed by atoms with Crippen LogP contribution in [-0.4, -0.2) is 40.5 Å². The van der Waals surface area contributed by atoms with Crippen LogP contribution in [0.1, 0.15) is 31.0 Å². The molecule has 1 saturated heterocycles. The number of rotatable bonds is 6. The predicted molar refractivity (Wildman–Crippen MR) is 99.1 cm³/mol. The molecule has 0 bridgehead atoms. The molecule has 7 nitrogen and oxygen atoms in total.